The average molecular weight is 258 g/mol. The lowest BCUT2D eigenvalue weighted by Gasteiger charge is -2.23. The molecule has 1 rings (SSSR count). The first-order valence-electron chi connectivity index (χ1n) is 5.42. The van der Waals surface area contributed by atoms with Crippen molar-refractivity contribution >= 4 is 23.7 Å². The van der Waals surface area contributed by atoms with Crippen LogP contribution in [-0.4, -0.2) is 33.5 Å². The van der Waals surface area contributed by atoms with Crippen molar-refractivity contribution in [2.75, 3.05) is 11.9 Å². The lowest BCUT2D eigenvalue weighted by atomic mass is 10.0. The van der Waals surface area contributed by atoms with E-state index in [1.807, 2.05) is 6.92 Å². The van der Waals surface area contributed by atoms with Crippen molar-refractivity contribution < 1.29 is 9.90 Å². The van der Waals surface area contributed by atoms with Crippen LogP contribution in [0, 0.1) is 0 Å². The Balaban J connectivity index is 2.76. The van der Waals surface area contributed by atoms with Gasteiger partial charge in [-0.25, -0.2) is 9.97 Å². The van der Waals surface area contributed by atoms with Crippen LogP contribution in [-0.2, 0) is 0 Å². The van der Waals surface area contributed by atoms with E-state index in [-0.39, 0.29) is 10.7 Å². The van der Waals surface area contributed by atoms with Gasteiger partial charge >= 0.3 is 0 Å². The van der Waals surface area contributed by atoms with Crippen LogP contribution in [0.4, 0.5) is 5.82 Å². The zero-order chi connectivity index (χ0) is 12.9. The SMILES string of the molecule is CCCC(C)(O)CNc1ncnc(Cl)c1C=O. The summed E-state index contributed by atoms with van der Waals surface area (Å²) in [5.74, 6) is 0.344. The number of halogens is 1. The van der Waals surface area contributed by atoms with Crippen molar-refractivity contribution in [1.29, 1.82) is 0 Å². The molecule has 94 valence electrons. The zero-order valence-corrected chi connectivity index (χ0v) is 10.7. The van der Waals surface area contributed by atoms with Crippen LogP contribution in [0.2, 0.25) is 5.15 Å². The molecule has 0 aliphatic carbocycles. The van der Waals surface area contributed by atoms with Crippen molar-refractivity contribution in [3.8, 4) is 0 Å². The standard InChI is InChI=1S/C11H16ClN3O2/c1-3-4-11(2,17)6-13-10-8(5-16)9(12)14-7-15-10/h5,7,17H,3-4,6H2,1-2H3,(H,13,14,15). The average Bonchev–Trinajstić information content (AvgIpc) is 2.26. The molecular formula is C11H16ClN3O2. The molecule has 2 N–H and O–H groups in total. The summed E-state index contributed by atoms with van der Waals surface area (Å²) in [6.45, 7) is 4.02. The van der Waals surface area contributed by atoms with Crippen molar-refractivity contribution in [3.63, 3.8) is 0 Å². The van der Waals surface area contributed by atoms with Gasteiger partial charge in [0.05, 0.1) is 11.2 Å². The van der Waals surface area contributed by atoms with Gasteiger partial charge in [-0.2, -0.15) is 0 Å². The second-order valence-corrected chi connectivity index (χ2v) is 4.50. The quantitative estimate of drug-likeness (QED) is 0.601. The molecular weight excluding hydrogens is 242 g/mol. The molecule has 6 heteroatoms. The number of aldehydes is 1. The highest BCUT2D eigenvalue weighted by molar-refractivity contribution is 6.32. The summed E-state index contributed by atoms with van der Waals surface area (Å²) in [6, 6.07) is 0. The highest BCUT2D eigenvalue weighted by atomic mass is 35.5. The minimum atomic E-state index is -0.841. The third-order valence-electron chi connectivity index (χ3n) is 2.38. The first kappa shape index (κ1) is 13.9. The monoisotopic (exact) mass is 257 g/mol. The fourth-order valence-electron chi connectivity index (χ4n) is 1.52. The Bertz CT molecular complexity index is 396. The molecule has 1 unspecified atom stereocenters. The van der Waals surface area contributed by atoms with Gasteiger partial charge in [0.15, 0.2) is 6.29 Å². The third-order valence-corrected chi connectivity index (χ3v) is 2.68. The van der Waals surface area contributed by atoms with E-state index < -0.39 is 5.60 Å². The van der Waals surface area contributed by atoms with E-state index in [0.717, 1.165) is 6.42 Å². The summed E-state index contributed by atoms with van der Waals surface area (Å²) >= 11 is 5.76. The maximum atomic E-state index is 10.8. The molecule has 0 saturated carbocycles. The third kappa shape index (κ3) is 3.94. The van der Waals surface area contributed by atoms with Crippen LogP contribution < -0.4 is 5.32 Å². The molecule has 0 radical (unpaired) electrons. The maximum absolute atomic E-state index is 10.8. The number of aromatic nitrogens is 2. The van der Waals surface area contributed by atoms with Crippen LogP contribution in [0.3, 0.4) is 0 Å². The number of carbonyl (C=O) groups is 1. The number of nitrogens with zero attached hydrogens (tertiary/aromatic N) is 2. The van der Waals surface area contributed by atoms with Gasteiger partial charge in [0, 0.05) is 6.54 Å². The van der Waals surface area contributed by atoms with Crippen LogP contribution in [0.5, 0.6) is 0 Å². The van der Waals surface area contributed by atoms with E-state index in [1.54, 1.807) is 6.92 Å². The van der Waals surface area contributed by atoms with Crippen LogP contribution in [0.1, 0.15) is 37.0 Å². The fourth-order valence-corrected chi connectivity index (χ4v) is 1.70. The first-order chi connectivity index (χ1) is 8.00. The van der Waals surface area contributed by atoms with E-state index in [4.69, 9.17) is 11.6 Å². The predicted octanol–water partition coefficient (Wildman–Crippen LogP) is 1.91. The van der Waals surface area contributed by atoms with Crippen LogP contribution in [0.25, 0.3) is 0 Å². The van der Waals surface area contributed by atoms with Crippen LogP contribution in [0.15, 0.2) is 6.33 Å². The number of rotatable bonds is 6. The molecule has 0 aromatic carbocycles. The molecule has 0 fully saturated rings. The Hall–Kier alpha value is -1.20. The van der Waals surface area contributed by atoms with E-state index in [1.165, 1.54) is 6.33 Å². The summed E-state index contributed by atoms with van der Waals surface area (Å²) in [7, 11) is 0. The number of carbonyl (C=O) groups excluding carboxylic acids is 1. The maximum Gasteiger partial charge on any atom is 0.156 e. The summed E-state index contributed by atoms with van der Waals surface area (Å²) in [4.78, 5) is 18.5. The van der Waals surface area contributed by atoms with E-state index in [2.05, 4.69) is 15.3 Å². The minimum Gasteiger partial charge on any atom is -0.388 e. The van der Waals surface area contributed by atoms with Crippen molar-refractivity contribution in [3.05, 3.63) is 17.0 Å². The number of aliphatic hydroxyl groups is 1. The fraction of sp³-hybridized carbons (Fsp3) is 0.545. The highest BCUT2D eigenvalue weighted by Gasteiger charge is 2.20. The van der Waals surface area contributed by atoms with Gasteiger partial charge in [-0.1, -0.05) is 24.9 Å². The smallest absolute Gasteiger partial charge is 0.156 e. The number of hydrogen-bond acceptors (Lipinski definition) is 5. The summed E-state index contributed by atoms with van der Waals surface area (Å²) in [5.41, 5.74) is -0.631. The van der Waals surface area contributed by atoms with Gasteiger partial charge < -0.3 is 10.4 Å². The molecule has 5 nitrogen and oxygen atoms in total. The molecule has 0 aliphatic rings. The predicted molar refractivity (Wildman–Crippen MR) is 66.5 cm³/mol. The Labute approximate surface area is 105 Å². The number of nitrogens with one attached hydrogen (secondary N) is 1. The van der Waals surface area contributed by atoms with Gasteiger partial charge in [0.2, 0.25) is 0 Å². The molecule has 1 atom stereocenters. The molecule has 1 heterocycles. The minimum absolute atomic E-state index is 0.104. The van der Waals surface area contributed by atoms with Crippen LogP contribution >= 0.6 is 11.6 Å². The van der Waals surface area contributed by atoms with Gasteiger partial charge in [-0.3, -0.25) is 4.79 Å². The van der Waals surface area contributed by atoms with Gasteiger partial charge in [0.25, 0.3) is 0 Å². The van der Waals surface area contributed by atoms with Gasteiger partial charge in [0.1, 0.15) is 17.3 Å². The largest absolute Gasteiger partial charge is 0.388 e. The molecule has 1 aromatic rings. The zero-order valence-electron chi connectivity index (χ0n) is 9.90. The Kier molecular flexibility index (Phi) is 4.84. The number of hydrogen-bond donors (Lipinski definition) is 2. The van der Waals surface area contributed by atoms with Crippen molar-refractivity contribution in [2.45, 2.75) is 32.3 Å². The molecule has 0 bridgehead atoms. The lowest BCUT2D eigenvalue weighted by Crippen LogP contribution is -2.33. The summed E-state index contributed by atoms with van der Waals surface area (Å²) in [5, 5.41) is 13.0. The molecule has 0 aliphatic heterocycles. The van der Waals surface area contributed by atoms with E-state index in [0.29, 0.717) is 25.1 Å². The van der Waals surface area contributed by atoms with E-state index >= 15 is 0 Å². The van der Waals surface area contributed by atoms with Crippen molar-refractivity contribution in [2.24, 2.45) is 0 Å². The Morgan fingerprint density at radius 3 is 2.88 bits per heavy atom. The first-order valence-corrected chi connectivity index (χ1v) is 5.80. The molecule has 0 amide bonds. The normalized spacial score (nSPS) is 14.1. The highest BCUT2D eigenvalue weighted by Crippen LogP contribution is 2.19. The van der Waals surface area contributed by atoms with E-state index in [9.17, 15) is 9.90 Å². The topological polar surface area (TPSA) is 75.1 Å². The molecule has 17 heavy (non-hydrogen) atoms. The van der Waals surface area contributed by atoms with Gasteiger partial charge in [-0.15, -0.1) is 0 Å². The Morgan fingerprint density at radius 1 is 1.59 bits per heavy atom. The molecule has 1 aromatic heterocycles. The van der Waals surface area contributed by atoms with Crippen molar-refractivity contribution in [1.82, 2.24) is 9.97 Å². The number of anilines is 1. The lowest BCUT2D eigenvalue weighted by molar-refractivity contribution is 0.0635. The van der Waals surface area contributed by atoms with Gasteiger partial charge in [-0.05, 0) is 13.3 Å². The summed E-state index contributed by atoms with van der Waals surface area (Å²) < 4.78 is 0. The second-order valence-electron chi connectivity index (χ2n) is 4.15. The molecule has 0 spiro atoms. The second kappa shape index (κ2) is 5.93. The summed E-state index contributed by atoms with van der Waals surface area (Å²) in [6.07, 6.45) is 3.40. The Morgan fingerprint density at radius 2 is 2.29 bits per heavy atom. The molecule has 0 saturated heterocycles.